The number of anilines is 2. The Morgan fingerprint density at radius 2 is 1.60 bits per heavy atom. The highest BCUT2D eigenvalue weighted by Crippen LogP contribution is 2.23. The number of benzene rings is 2. The van der Waals surface area contributed by atoms with E-state index in [9.17, 15) is 4.79 Å². The average Bonchev–Trinajstić information content (AvgIpc) is 2.38. The molecular weight excluding hydrogens is 295 g/mol. The summed E-state index contributed by atoms with van der Waals surface area (Å²) in [7, 11) is 0. The van der Waals surface area contributed by atoms with E-state index in [2.05, 4.69) is 10.6 Å². The Balaban J connectivity index is 2.00. The van der Waals surface area contributed by atoms with Crippen LogP contribution >= 0.6 is 23.2 Å². The molecule has 0 aliphatic carbocycles. The highest BCUT2D eigenvalue weighted by molar-refractivity contribution is 6.35. The van der Waals surface area contributed by atoms with Crippen molar-refractivity contribution in [1.29, 1.82) is 0 Å². The zero-order valence-electron chi connectivity index (χ0n) is 10.9. The lowest BCUT2D eigenvalue weighted by Gasteiger charge is -2.15. The van der Waals surface area contributed by atoms with Crippen LogP contribution in [-0.2, 0) is 4.79 Å². The number of amides is 1. The SMILES string of the molecule is CC(Nc1cc(Cl)cc(Cl)c1)C(=O)Nc1ccccc1. The molecule has 2 N–H and O–H groups in total. The highest BCUT2D eigenvalue weighted by atomic mass is 35.5. The van der Waals surface area contributed by atoms with Crippen LogP contribution in [-0.4, -0.2) is 11.9 Å². The second kappa shape index (κ2) is 6.64. The number of hydrogen-bond acceptors (Lipinski definition) is 2. The predicted octanol–water partition coefficient (Wildman–Crippen LogP) is 4.43. The molecule has 2 aromatic rings. The zero-order valence-corrected chi connectivity index (χ0v) is 12.4. The summed E-state index contributed by atoms with van der Waals surface area (Å²) in [6, 6.07) is 14.0. The van der Waals surface area contributed by atoms with Crippen molar-refractivity contribution < 1.29 is 4.79 Å². The van der Waals surface area contributed by atoms with Crippen LogP contribution in [0.3, 0.4) is 0 Å². The van der Waals surface area contributed by atoms with E-state index in [1.807, 2.05) is 30.3 Å². The lowest BCUT2D eigenvalue weighted by Crippen LogP contribution is -2.31. The summed E-state index contributed by atoms with van der Waals surface area (Å²) in [5, 5.41) is 6.93. The second-order valence-electron chi connectivity index (χ2n) is 4.38. The first-order chi connectivity index (χ1) is 9.54. The van der Waals surface area contributed by atoms with Gasteiger partial charge in [0.2, 0.25) is 5.91 Å². The minimum absolute atomic E-state index is 0.132. The van der Waals surface area contributed by atoms with E-state index in [1.165, 1.54) is 0 Å². The molecule has 0 aliphatic rings. The molecule has 0 aliphatic heterocycles. The van der Waals surface area contributed by atoms with Crippen LogP contribution in [0.1, 0.15) is 6.92 Å². The second-order valence-corrected chi connectivity index (χ2v) is 5.25. The van der Waals surface area contributed by atoms with Crippen LogP contribution in [0.5, 0.6) is 0 Å². The van der Waals surface area contributed by atoms with Crippen molar-refractivity contribution in [3.63, 3.8) is 0 Å². The van der Waals surface area contributed by atoms with Gasteiger partial charge in [-0.1, -0.05) is 41.4 Å². The summed E-state index contributed by atoms with van der Waals surface area (Å²) in [6.07, 6.45) is 0. The minimum atomic E-state index is -0.412. The maximum Gasteiger partial charge on any atom is 0.246 e. The smallest absolute Gasteiger partial charge is 0.246 e. The number of hydrogen-bond donors (Lipinski definition) is 2. The van der Waals surface area contributed by atoms with Crippen molar-refractivity contribution in [1.82, 2.24) is 0 Å². The zero-order chi connectivity index (χ0) is 14.5. The molecular formula is C15H14Cl2N2O. The Kier molecular flexibility index (Phi) is 4.88. The summed E-state index contributed by atoms with van der Waals surface area (Å²) < 4.78 is 0. The summed E-state index contributed by atoms with van der Waals surface area (Å²) >= 11 is 11.8. The van der Waals surface area contributed by atoms with Crippen molar-refractivity contribution in [3.05, 3.63) is 58.6 Å². The van der Waals surface area contributed by atoms with E-state index < -0.39 is 6.04 Å². The maximum absolute atomic E-state index is 12.0. The van der Waals surface area contributed by atoms with Crippen LogP contribution in [0.2, 0.25) is 10.0 Å². The molecule has 2 rings (SSSR count). The molecule has 5 heteroatoms. The van der Waals surface area contributed by atoms with Crippen LogP contribution in [0, 0.1) is 0 Å². The monoisotopic (exact) mass is 308 g/mol. The van der Waals surface area contributed by atoms with Crippen molar-refractivity contribution in [2.45, 2.75) is 13.0 Å². The lowest BCUT2D eigenvalue weighted by atomic mass is 10.2. The Labute approximate surface area is 127 Å². The number of para-hydroxylation sites is 1. The van der Waals surface area contributed by atoms with Gasteiger partial charge in [-0.25, -0.2) is 0 Å². The fourth-order valence-corrected chi connectivity index (χ4v) is 2.25. The minimum Gasteiger partial charge on any atom is -0.374 e. The summed E-state index contributed by atoms with van der Waals surface area (Å²) in [5.74, 6) is -0.132. The molecule has 0 heterocycles. The Bertz CT molecular complexity index is 582. The van der Waals surface area contributed by atoms with E-state index in [1.54, 1.807) is 25.1 Å². The average molecular weight is 309 g/mol. The molecule has 0 aromatic heterocycles. The molecule has 0 bridgehead atoms. The van der Waals surface area contributed by atoms with Crippen LogP contribution in [0.25, 0.3) is 0 Å². The van der Waals surface area contributed by atoms with Crippen molar-refractivity contribution >= 4 is 40.5 Å². The van der Waals surface area contributed by atoms with Crippen molar-refractivity contribution in [2.24, 2.45) is 0 Å². The molecule has 1 atom stereocenters. The third-order valence-corrected chi connectivity index (χ3v) is 3.12. The first-order valence-electron chi connectivity index (χ1n) is 6.13. The van der Waals surface area contributed by atoms with Gasteiger partial charge in [0, 0.05) is 21.4 Å². The number of halogens is 2. The van der Waals surface area contributed by atoms with Gasteiger partial charge in [-0.2, -0.15) is 0 Å². The highest BCUT2D eigenvalue weighted by Gasteiger charge is 2.13. The summed E-state index contributed by atoms with van der Waals surface area (Å²) in [4.78, 5) is 12.0. The first-order valence-corrected chi connectivity index (χ1v) is 6.89. The molecule has 1 amide bonds. The molecule has 0 saturated carbocycles. The number of carbonyl (C=O) groups excluding carboxylic acids is 1. The number of rotatable bonds is 4. The fraction of sp³-hybridized carbons (Fsp3) is 0.133. The first kappa shape index (κ1) is 14.7. The molecule has 3 nitrogen and oxygen atoms in total. The quantitative estimate of drug-likeness (QED) is 0.877. The van der Waals surface area contributed by atoms with E-state index in [0.717, 1.165) is 5.69 Å². The van der Waals surface area contributed by atoms with E-state index in [0.29, 0.717) is 15.7 Å². The number of carbonyl (C=O) groups is 1. The Morgan fingerprint density at radius 3 is 2.20 bits per heavy atom. The predicted molar refractivity (Wildman–Crippen MR) is 84.6 cm³/mol. The molecule has 0 spiro atoms. The Morgan fingerprint density at radius 1 is 1.00 bits per heavy atom. The van der Waals surface area contributed by atoms with Gasteiger partial charge in [0.25, 0.3) is 0 Å². The summed E-state index contributed by atoms with van der Waals surface area (Å²) in [6.45, 7) is 1.77. The van der Waals surface area contributed by atoms with Gasteiger partial charge in [-0.15, -0.1) is 0 Å². The Hall–Kier alpha value is -1.71. The molecule has 20 heavy (non-hydrogen) atoms. The van der Waals surface area contributed by atoms with Gasteiger partial charge in [0.15, 0.2) is 0 Å². The van der Waals surface area contributed by atoms with Crippen LogP contribution in [0.15, 0.2) is 48.5 Å². The molecule has 0 radical (unpaired) electrons. The van der Waals surface area contributed by atoms with Crippen LogP contribution in [0.4, 0.5) is 11.4 Å². The lowest BCUT2D eigenvalue weighted by molar-refractivity contribution is -0.116. The molecule has 0 fully saturated rings. The van der Waals surface area contributed by atoms with Crippen LogP contribution < -0.4 is 10.6 Å². The van der Waals surface area contributed by atoms with Gasteiger partial charge in [0.05, 0.1) is 0 Å². The van der Waals surface area contributed by atoms with Gasteiger partial charge in [0.1, 0.15) is 6.04 Å². The maximum atomic E-state index is 12.0. The molecule has 1 unspecified atom stereocenters. The molecule has 104 valence electrons. The molecule has 0 saturated heterocycles. The third kappa shape index (κ3) is 4.15. The van der Waals surface area contributed by atoms with E-state index in [-0.39, 0.29) is 5.91 Å². The number of nitrogens with one attached hydrogen (secondary N) is 2. The van der Waals surface area contributed by atoms with Gasteiger partial charge in [-0.05, 0) is 37.3 Å². The standard InChI is InChI=1S/C15H14Cl2N2O/c1-10(15(20)19-13-5-3-2-4-6-13)18-14-8-11(16)7-12(17)9-14/h2-10,18H,1H3,(H,19,20). The topological polar surface area (TPSA) is 41.1 Å². The third-order valence-electron chi connectivity index (χ3n) is 2.68. The van der Waals surface area contributed by atoms with E-state index in [4.69, 9.17) is 23.2 Å². The largest absolute Gasteiger partial charge is 0.374 e. The fourth-order valence-electron chi connectivity index (χ4n) is 1.72. The van der Waals surface area contributed by atoms with Gasteiger partial charge in [-0.3, -0.25) is 4.79 Å². The van der Waals surface area contributed by atoms with Crippen molar-refractivity contribution in [3.8, 4) is 0 Å². The molecule has 2 aromatic carbocycles. The van der Waals surface area contributed by atoms with E-state index >= 15 is 0 Å². The van der Waals surface area contributed by atoms with Gasteiger partial charge >= 0.3 is 0 Å². The normalized spacial score (nSPS) is 11.8. The summed E-state index contributed by atoms with van der Waals surface area (Å²) in [5.41, 5.74) is 1.47. The van der Waals surface area contributed by atoms with Crippen molar-refractivity contribution in [2.75, 3.05) is 10.6 Å². The van der Waals surface area contributed by atoms with Gasteiger partial charge < -0.3 is 10.6 Å².